The summed E-state index contributed by atoms with van der Waals surface area (Å²) in [5.74, 6) is 0. The fraction of sp³-hybridized carbons (Fsp3) is 0.545. The van der Waals surface area contributed by atoms with Crippen LogP contribution in [0, 0.1) is 0 Å². The van der Waals surface area contributed by atoms with Gasteiger partial charge in [-0.3, -0.25) is 4.79 Å². The van der Waals surface area contributed by atoms with Crippen LogP contribution in [0.4, 0.5) is 0 Å². The molecule has 0 bridgehead atoms. The third-order valence-electron chi connectivity index (χ3n) is 2.42. The summed E-state index contributed by atoms with van der Waals surface area (Å²) in [6.45, 7) is 3.69. The number of hydrogen-bond donors (Lipinski definition) is 0. The largest absolute Gasteiger partial charge is 0.298 e. The summed E-state index contributed by atoms with van der Waals surface area (Å²) in [5.41, 5.74) is 2.43. The molecule has 1 aliphatic rings. The molecule has 12 heavy (non-hydrogen) atoms. The second-order valence-corrected chi connectivity index (χ2v) is 3.28. The van der Waals surface area contributed by atoms with Gasteiger partial charge in [0.15, 0.2) is 0 Å². The number of carbonyl (C=O) groups excluding carboxylic acids is 1. The van der Waals surface area contributed by atoms with E-state index in [2.05, 4.69) is 6.58 Å². The van der Waals surface area contributed by atoms with Crippen LogP contribution in [0.3, 0.4) is 0 Å². The van der Waals surface area contributed by atoms with Gasteiger partial charge >= 0.3 is 0 Å². The monoisotopic (exact) mass is 164 g/mol. The van der Waals surface area contributed by atoms with Crippen molar-refractivity contribution >= 4 is 6.29 Å². The van der Waals surface area contributed by atoms with Crippen molar-refractivity contribution in [2.45, 2.75) is 38.5 Å². The van der Waals surface area contributed by atoms with Crippen molar-refractivity contribution in [2.24, 2.45) is 0 Å². The smallest absolute Gasteiger partial charge is 0.145 e. The van der Waals surface area contributed by atoms with E-state index in [0.717, 1.165) is 37.5 Å². The molecular weight excluding hydrogens is 148 g/mol. The molecule has 0 saturated heterocycles. The predicted molar refractivity (Wildman–Crippen MR) is 51.0 cm³/mol. The Hall–Kier alpha value is -0.850. The summed E-state index contributed by atoms with van der Waals surface area (Å²) in [5, 5.41) is 0. The summed E-state index contributed by atoms with van der Waals surface area (Å²) < 4.78 is 0. The molecule has 0 aromatic carbocycles. The highest BCUT2D eigenvalue weighted by Gasteiger charge is 2.10. The minimum atomic E-state index is 0.996. The first kappa shape index (κ1) is 9.24. The Morgan fingerprint density at radius 2 is 2.08 bits per heavy atom. The van der Waals surface area contributed by atoms with E-state index < -0.39 is 0 Å². The highest BCUT2D eigenvalue weighted by atomic mass is 16.1. The van der Waals surface area contributed by atoms with Gasteiger partial charge < -0.3 is 0 Å². The van der Waals surface area contributed by atoms with Gasteiger partial charge in [0.25, 0.3) is 0 Å². The number of rotatable bonds is 4. The number of carbonyl (C=O) groups is 1. The lowest BCUT2D eigenvalue weighted by atomic mass is 9.90. The van der Waals surface area contributed by atoms with Crippen molar-refractivity contribution in [3.05, 3.63) is 23.8 Å². The van der Waals surface area contributed by atoms with Crippen LogP contribution in [0.25, 0.3) is 0 Å². The van der Waals surface area contributed by atoms with Crippen LogP contribution in [0.1, 0.15) is 38.5 Å². The summed E-state index contributed by atoms with van der Waals surface area (Å²) in [6.07, 6.45) is 9.57. The first-order valence-electron chi connectivity index (χ1n) is 4.65. The van der Waals surface area contributed by atoms with E-state index in [1.165, 1.54) is 18.4 Å². The van der Waals surface area contributed by atoms with Crippen LogP contribution in [0.5, 0.6) is 0 Å². The standard InChI is InChI=1S/C11H16O/c1-2-3-6-10-7-4-5-8-11(10)9-12/h2,9H,1,3-8H2. The zero-order valence-corrected chi connectivity index (χ0v) is 7.51. The third kappa shape index (κ3) is 2.33. The van der Waals surface area contributed by atoms with Gasteiger partial charge in [0.1, 0.15) is 6.29 Å². The van der Waals surface area contributed by atoms with Gasteiger partial charge in [-0.1, -0.05) is 11.6 Å². The van der Waals surface area contributed by atoms with Gasteiger partial charge in [-0.2, -0.15) is 0 Å². The maximum atomic E-state index is 10.6. The lowest BCUT2D eigenvalue weighted by Gasteiger charge is -2.15. The van der Waals surface area contributed by atoms with Gasteiger partial charge in [-0.15, -0.1) is 6.58 Å². The van der Waals surface area contributed by atoms with E-state index in [0.29, 0.717) is 0 Å². The molecule has 0 aromatic rings. The van der Waals surface area contributed by atoms with Crippen molar-refractivity contribution in [3.8, 4) is 0 Å². The molecule has 0 unspecified atom stereocenters. The van der Waals surface area contributed by atoms with E-state index in [1.54, 1.807) is 0 Å². The maximum absolute atomic E-state index is 10.6. The summed E-state index contributed by atoms with van der Waals surface area (Å²) in [6, 6.07) is 0. The van der Waals surface area contributed by atoms with E-state index >= 15 is 0 Å². The van der Waals surface area contributed by atoms with Crippen molar-refractivity contribution in [1.29, 1.82) is 0 Å². The maximum Gasteiger partial charge on any atom is 0.145 e. The quantitative estimate of drug-likeness (QED) is 0.461. The Morgan fingerprint density at radius 1 is 1.33 bits per heavy atom. The summed E-state index contributed by atoms with van der Waals surface area (Å²) in [7, 11) is 0. The van der Waals surface area contributed by atoms with Crippen LogP contribution in [-0.4, -0.2) is 6.29 Å². The van der Waals surface area contributed by atoms with Crippen LogP contribution in [0.15, 0.2) is 23.8 Å². The Morgan fingerprint density at radius 3 is 2.75 bits per heavy atom. The Labute approximate surface area is 74.2 Å². The van der Waals surface area contributed by atoms with Crippen LogP contribution in [-0.2, 0) is 4.79 Å². The molecule has 0 heterocycles. The average Bonchev–Trinajstić information content (AvgIpc) is 2.15. The molecule has 1 nitrogen and oxygen atoms in total. The van der Waals surface area contributed by atoms with Crippen molar-refractivity contribution in [3.63, 3.8) is 0 Å². The molecule has 0 amide bonds. The molecule has 1 aliphatic carbocycles. The molecule has 1 rings (SSSR count). The minimum Gasteiger partial charge on any atom is -0.298 e. The van der Waals surface area contributed by atoms with Crippen LogP contribution < -0.4 is 0 Å². The van der Waals surface area contributed by atoms with Gasteiger partial charge in [0.2, 0.25) is 0 Å². The molecule has 0 aliphatic heterocycles. The third-order valence-corrected chi connectivity index (χ3v) is 2.42. The molecule has 0 atom stereocenters. The Balaban J connectivity index is 2.59. The Bertz CT molecular complexity index is 201. The minimum absolute atomic E-state index is 0.996. The zero-order chi connectivity index (χ0) is 8.81. The molecule has 66 valence electrons. The van der Waals surface area contributed by atoms with Crippen LogP contribution in [0.2, 0.25) is 0 Å². The molecule has 0 fully saturated rings. The first-order valence-corrected chi connectivity index (χ1v) is 4.65. The molecule has 0 saturated carbocycles. The second kappa shape index (κ2) is 4.91. The molecule has 0 N–H and O–H groups in total. The van der Waals surface area contributed by atoms with Gasteiger partial charge in [0, 0.05) is 0 Å². The van der Waals surface area contributed by atoms with E-state index in [9.17, 15) is 4.79 Å². The zero-order valence-electron chi connectivity index (χ0n) is 7.51. The summed E-state index contributed by atoms with van der Waals surface area (Å²) >= 11 is 0. The topological polar surface area (TPSA) is 17.1 Å². The van der Waals surface area contributed by atoms with E-state index in [1.807, 2.05) is 6.08 Å². The lowest BCUT2D eigenvalue weighted by molar-refractivity contribution is -0.105. The number of hydrogen-bond acceptors (Lipinski definition) is 1. The fourth-order valence-electron chi connectivity index (χ4n) is 1.70. The number of allylic oxidation sites excluding steroid dienone is 3. The van der Waals surface area contributed by atoms with Crippen LogP contribution >= 0.6 is 0 Å². The molecular formula is C11H16O. The highest BCUT2D eigenvalue weighted by molar-refractivity contribution is 5.74. The molecule has 0 radical (unpaired) electrons. The van der Waals surface area contributed by atoms with Crippen molar-refractivity contribution in [2.75, 3.05) is 0 Å². The van der Waals surface area contributed by atoms with Gasteiger partial charge in [-0.25, -0.2) is 0 Å². The fourth-order valence-corrected chi connectivity index (χ4v) is 1.70. The normalized spacial score (nSPS) is 17.7. The highest BCUT2D eigenvalue weighted by Crippen LogP contribution is 2.26. The second-order valence-electron chi connectivity index (χ2n) is 3.28. The van der Waals surface area contributed by atoms with Crippen molar-refractivity contribution < 1.29 is 4.79 Å². The molecule has 0 spiro atoms. The SMILES string of the molecule is C=CCCC1=C(C=O)CCCC1. The first-order chi connectivity index (χ1) is 5.88. The van der Waals surface area contributed by atoms with Crippen molar-refractivity contribution in [1.82, 2.24) is 0 Å². The molecule has 1 heteroatoms. The molecule has 0 aromatic heterocycles. The van der Waals surface area contributed by atoms with E-state index in [4.69, 9.17) is 0 Å². The van der Waals surface area contributed by atoms with Gasteiger partial charge in [0.05, 0.1) is 0 Å². The average molecular weight is 164 g/mol. The Kier molecular flexibility index (Phi) is 3.78. The van der Waals surface area contributed by atoms with E-state index in [-0.39, 0.29) is 0 Å². The predicted octanol–water partition coefficient (Wildman–Crippen LogP) is 3.02. The summed E-state index contributed by atoms with van der Waals surface area (Å²) in [4.78, 5) is 10.6. The van der Waals surface area contributed by atoms with Gasteiger partial charge in [-0.05, 0) is 44.1 Å². The lowest BCUT2D eigenvalue weighted by Crippen LogP contribution is -2.00. The number of aldehydes is 1.